The molecular formula is C20H24N2O. The Labute approximate surface area is 138 Å². The molecule has 2 aliphatic rings. The largest absolute Gasteiger partial charge is 0.385 e. The lowest BCUT2D eigenvalue weighted by molar-refractivity contribution is 0.0342. The predicted molar refractivity (Wildman–Crippen MR) is 94.8 cm³/mol. The van der Waals surface area contributed by atoms with Crippen LogP contribution in [0.4, 0.5) is 5.69 Å². The molecule has 23 heavy (non-hydrogen) atoms. The van der Waals surface area contributed by atoms with Crippen molar-refractivity contribution in [2.45, 2.75) is 19.4 Å². The van der Waals surface area contributed by atoms with Gasteiger partial charge in [0.15, 0.2) is 0 Å². The quantitative estimate of drug-likeness (QED) is 0.938. The smallest absolute Gasteiger partial charge is 0.0594 e. The van der Waals surface area contributed by atoms with Crippen molar-refractivity contribution in [1.29, 1.82) is 0 Å². The highest BCUT2D eigenvalue weighted by Crippen LogP contribution is 2.28. The molecule has 1 N–H and O–H groups in total. The molecule has 4 rings (SSSR count). The number of rotatable bonds is 3. The molecule has 0 bridgehead atoms. The lowest BCUT2D eigenvalue weighted by Crippen LogP contribution is -2.35. The van der Waals surface area contributed by atoms with E-state index in [1.54, 1.807) is 0 Å². The number of anilines is 1. The number of benzene rings is 2. The van der Waals surface area contributed by atoms with E-state index in [0.717, 1.165) is 39.4 Å². The van der Waals surface area contributed by atoms with Gasteiger partial charge in [-0.05, 0) is 47.2 Å². The number of fused-ring (bicyclic) bond motifs is 1. The SMILES string of the molecule is c1cc(-c2ccc3c(c2)CCCN3)ccc1CN1CCOCC1. The normalized spacial score (nSPS) is 18.3. The third kappa shape index (κ3) is 3.41. The first-order valence-corrected chi connectivity index (χ1v) is 8.65. The molecule has 0 spiro atoms. The second-order valence-corrected chi connectivity index (χ2v) is 6.49. The van der Waals surface area contributed by atoms with Crippen LogP contribution in [0.25, 0.3) is 11.1 Å². The lowest BCUT2D eigenvalue weighted by Gasteiger charge is -2.26. The van der Waals surface area contributed by atoms with Crippen LogP contribution in [0.15, 0.2) is 42.5 Å². The van der Waals surface area contributed by atoms with Crippen molar-refractivity contribution >= 4 is 5.69 Å². The van der Waals surface area contributed by atoms with Crippen molar-refractivity contribution < 1.29 is 4.74 Å². The van der Waals surface area contributed by atoms with Gasteiger partial charge in [-0.1, -0.05) is 30.3 Å². The Balaban J connectivity index is 1.49. The van der Waals surface area contributed by atoms with E-state index < -0.39 is 0 Å². The maximum absolute atomic E-state index is 5.41. The Bertz CT molecular complexity index is 660. The minimum atomic E-state index is 0.862. The molecule has 0 saturated carbocycles. The molecule has 2 aromatic rings. The standard InChI is InChI=1S/C20H24N2O/c1-2-19-14-18(7-8-20(19)21-9-1)17-5-3-16(4-6-17)15-22-10-12-23-13-11-22/h3-8,14,21H,1-2,9-13,15H2. The second-order valence-electron chi connectivity index (χ2n) is 6.49. The molecule has 2 heterocycles. The van der Waals surface area contributed by atoms with E-state index in [4.69, 9.17) is 4.74 Å². The predicted octanol–water partition coefficient (Wildman–Crippen LogP) is 3.54. The van der Waals surface area contributed by atoms with Gasteiger partial charge < -0.3 is 10.1 Å². The zero-order valence-electron chi connectivity index (χ0n) is 13.6. The van der Waals surface area contributed by atoms with Crippen LogP contribution in [0.5, 0.6) is 0 Å². The molecule has 1 saturated heterocycles. The number of morpholine rings is 1. The van der Waals surface area contributed by atoms with Gasteiger partial charge in [0.1, 0.15) is 0 Å². The number of hydrogen-bond acceptors (Lipinski definition) is 3. The Hall–Kier alpha value is -1.84. The first kappa shape index (κ1) is 14.7. The summed E-state index contributed by atoms with van der Waals surface area (Å²) in [6.45, 7) is 5.93. The zero-order chi connectivity index (χ0) is 15.5. The molecule has 2 aromatic carbocycles. The number of hydrogen-bond donors (Lipinski definition) is 1. The molecule has 0 amide bonds. The van der Waals surface area contributed by atoms with Crippen LogP contribution in [-0.4, -0.2) is 37.7 Å². The van der Waals surface area contributed by atoms with Gasteiger partial charge in [0, 0.05) is 31.9 Å². The minimum absolute atomic E-state index is 0.862. The number of nitrogens with zero attached hydrogens (tertiary/aromatic N) is 1. The van der Waals surface area contributed by atoms with Crippen LogP contribution < -0.4 is 5.32 Å². The maximum atomic E-state index is 5.41. The summed E-state index contributed by atoms with van der Waals surface area (Å²) >= 11 is 0. The van der Waals surface area contributed by atoms with Crippen LogP contribution in [0.2, 0.25) is 0 Å². The fourth-order valence-electron chi connectivity index (χ4n) is 3.47. The van der Waals surface area contributed by atoms with Gasteiger partial charge in [-0.2, -0.15) is 0 Å². The van der Waals surface area contributed by atoms with E-state index in [1.165, 1.54) is 40.8 Å². The van der Waals surface area contributed by atoms with Crippen molar-refractivity contribution in [3.8, 4) is 11.1 Å². The van der Waals surface area contributed by atoms with E-state index in [0.29, 0.717) is 0 Å². The summed E-state index contributed by atoms with van der Waals surface area (Å²) in [4.78, 5) is 2.46. The van der Waals surface area contributed by atoms with Gasteiger partial charge in [-0.25, -0.2) is 0 Å². The molecule has 0 radical (unpaired) electrons. The molecule has 3 nitrogen and oxygen atoms in total. The molecule has 0 aliphatic carbocycles. The van der Waals surface area contributed by atoms with E-state index in [9.17, 15) is 0 Å². The Morgan fingerprint density at radius 3 is 2.57 bits per heavy atom. The topological polar surface area (TPSA) is 24.5 Å². The summed E-state index contributed by atoms with van der Waals surface area (Å²) in [6, 6.07) is 15.9. The summed E-state index contributed by atoms with van der Waals surface area (Å²) < 4.78 is 5.41. The lowest BCUT2D eigenvalue weighted by atomic mass is 9.97. The van der Waals surface area contributed by atoms with E-state index in [2.05, 4.69) is 52.7 Å². The summed E-state index contributed by atoms with van der Waals surface area (Å²) in [5, 5.41) is 3.48. The van der Waals surface area contributed by atoms with Crippen LogP contribution in [0.3, 0.4) is 0 Å². The van der Waals surface area contributed by atoms with Crippen molar-refractivity contribution in [2.24, 2.45) is 0 Å². The van der Waals surface area contributed by atoms with Gasteiger partial charge in [0.2, 0.25) is 0 Å². The Morgan fingerprint density at radius 1 is 0.957 bits per heavy atom. The zero-order valence-corrected chi connectivity index (χ0v) is 13.6. The number of aryl methyl sites for hydroxylation is 1. The first-order valence-electron chi connectivity index (χ1n) is 8.65. The van der Waals surface area contributed by atoms with Crippen molar-refractivity contribution in [1.82, 2.24) is 4.90 Å². The van der Waals surface area contributed by atoms with Crippen molar-refractivity contribution in [3.63, 3.8) is 0 Å². The molecule has 0 atom stereocenters. The number of nitrogens with one attached hydrogen (secondary N) is 1. The molecule has 3 heteroatoms. The van der Waals surface area contributed by atoms with Gasteiger partial charge in [0.05, 0.1) is 13.2 Å². The molecule has 2 aliphatic heterocycles. The van der Waals surface area contributed by atoms with E-state index >= 15 is 0 Å². The highest BCUT2D eigenvalue weighted by Gasteiger charge is 2.12. The Morgan fingerprint density at radius 2 is 1.74 bits per heavy atom. The van der Waals surface area contributed by atoms with Gasteiger partial charge in [0.25, 0.3) is 0 Å². The maximum Gasteiger partial charge on any atom is 0.0594 e. The Kier molecular flexibility index (Phi) is 4.31. The minimum Gasteiger partial charge on any atom is -0.385 e. The fraction of sp³-hybridized carbons (Fsp3) is 0.400. The van der Waals surface area contributed by atoms with Gasteiger partial charge >= 0.3 is 0 Å². The van der Waals surface area contributed by atoms with E-state index in [1.807, 2.05) is 0 Å². The highest BCUT2D eigenvalue weighted by atomic mass is 16.5. The van der Waals surface area contributed by atoms with Gasteiger partial charge in [-0.15, -0.1) is 0 Å². The summed E-state index contributed by atoms with van der Waals surface area (Å²) in [5.74, 6) is 0. The molecule has 1 fully saturated rings. The van der Waals surface area contributed by atoms with Crippen LogP contribution in [0, 0.1) is 0 Å². The summed E-state index contributed by atoms with van der Waals surface area (Å²) in [6.07, 6.45) is 2.42. The van der Waals surface area contributed by atoms with Crippen molar-refractivity contribution in [2.75, 3.05) is 38.2 Å². The van der Waals surface area contributed by atoms with Crippen molar-refractivity contribution in [3.05, 3.63) is 53.6 Å². The molecule has 120 valence electrons. The summed E-state index contributed by atoms with van der Waals surface area (Å²) in [7, 11) is 0. The van der Waals surface area contributed by atoms with Crippen LogP contribution in [-0.2, 0) is 17.7 Å². The first-order chi connectivity index (χ1) is 11.4. The van der Waals surface area contributed by atoms with Crippen LogP contribution in [0.1, 0.15) is 17.5 Å². The fourth-order valence-corrected chi connectivity index (χ4v) is 3.47. The third-order valence-corrected chi connectivity index (χ3v) is 4.84. The average Bonchev–Trinajstić information content (AvgIpc) is 2.63. The third-order valence-electron chi connectivity index (χ3n) is 4.84. The molecular weight excluding hydrogens is 284 g/mol. The summed E-state index contributed by atoms with van der Waals surface area (Å²) in [5.41, 5.74) is 6.78. The molecule has 0 unspecified atom stereocenters. The number of ether oxygens (including phenoxy) is 1. The van der Waals surface area contributed by atoms with E-state index in [-0.39, 0.29) is 0 Å². The monoisotopic (exact) mass is 308 g/mol. The highest BCUT2D eigenvalue weighted by molar-refractivity contribution is 5.69. The van der Waals surface area contributed by atoms with Gasteiger partial charge in [-0.3, -0.25) is 4.90 Å². The average molecular weight is 308 g/mol. The van der Waals surface area contributed by atoms with Crippen LogP contribution >= 0.6 is 0 Å². The second kappa shape index (κ2) is 6.73. The molecule has 0 aromatic heterocycles.